The second-order valence-electron chi connectivity index (χ2n) is 3.56. The number of benzene rings is 1. The highest BCUT2D eigenvalue weighted by atomic mass is 35.5. The van der Waals surface area contributed by atoms with Crippen LogP contribution in [0, 0.1) is 21.4 Å². The maximum atomic E-state index is 10.7. The number of hydrogen-bond donors (Lipinski definition) is 0. The minimum Gasteiger partial charge on any atom is -0.258 e. The highest BCUT2D eigenvalue weighted by Crippen LogP contribution is 2.35. The molecule has 0 spiro atoms. The van der Waals surface area contributed by atoms with Crippen molar-refractivity contribution in [2.24, 2.45) is 0 Å². The third-order valence-electron chi connectivity index (χ3n) is 2.26. The molecule has 1 aromatic carbocycles. The van der Waals surface area contributed by atoms with Crippen LogP contribution in [0.15, 0.2) is 40.3 Å². The van der Waals surface area contributed by atoms with Gasteiger partial charge in [-0.05, 0) is 24.3 Å². The molecule has 1 aromatic heterocycles. The Kier molecular flexibility index (Phi) is 4.45. The fraction of sp³-hybridized carbons (Fsp3) is 0. The molecule has 0 fully saturated rings. The van der Waals surface area contributed by atoms with Gasteiger partial charge in [0.05, 0.1) is 9.95 Å². The summed E-state index contributed by atoms with van der Waals surface area (Å²) in [6.07, 6.45) is 0. The maximum absolute atomic E-state index is 10.7. The van der Waals surface area contributed by atoms with Gasteiger partial charge in [-0.2, -0.15) is 5.26 Å². The number of hydrogen-bond acceptors (Lipinski definition) is 5. The van der Waals surface area contributed by atoms with Gasteiger partial charge in [0.25, 0.3) is 0 Å². The summed E-state index contributed by atoms with van der Waals surface area (Å²) in [7, 11) is 0. The van der Waals surface area contributed by atoms with Crippen LogP contribution >= 0.6 is 35.0 Å². The minimum absolute atomic E-state index is 0.238. The normalized spacial score (nSPS) is 10.1. The molecular formula is C12H5Cl2N3O2S. The molecule has 0 aliphatic heterocycles. The van der Waals surface area contributed by atoms with Crippen LogP contribution in [0.5, 0.6) is 0 Å². The van der Waals surface area contributed by atoms with Crippen molar-refractivity contribution in [3.05, 3.63) is 56.2 Å². The fourth-order valence-corrected chi connectivity index (χ4v) is 2.71. The van der Waals surface area contributed by atoms with Crippen molar-refractivity contribution in [1.29, 1.82) is 5.26 Å². The molecule has 0 unspecified atom stereocenters. The zero-order valence-corrected chi connectivity index (χ0v) is 12.0. The number of rotatable bonds is 3. The molecule has 20 heavy (non-hydrogen) atoms. The Morgan fingerprint density at radius 3 is 2.70 bits per heavy atom. The Morgan fingerprint density at radius 2 is 2.05 bits per heavy atom. The van der Waals surface area contributed by atoms with E-state index in [1.165, 1.54) is 23.9 Å². The molecule has 0 saturated carbocycles. The smallest absolute Gasteiger partial charge is 0.258 e. The molecule has 0 N–H and O–H groups in total. The third-order valence-corrected chi connectivity index (χ3v) is 3.93. The minimum atomic E-state index is -0.646. The number of pyridine rings is 1. The lowest BCUT2D eigenvalue weighted by molar-refractivity contribution is -0.385. The zero-order valence-electron chi connectivity index (χ0n) is 9.71. The van der Waals surface area contributed by atoms with Gasteiger partial charge in [-0.25, -0.2) is 4.98 Å². The standard InChI is InChI=1S/C12H5Cl2N3O2S/c13-7-1-2-8(14)11(5-7)20-12-4-3-10(17(18)19)9(6-15)16-12/h1-5H. The summed E-state index contributed by atoms with van der Waals surface area (Å²) in [4.78, 5) is 14.7. The molecule has 0 aliphatic rings. The fourth-order valence-electron chi connectivity index (χ4n) is 1.39. The molecule has 0 amide bonds. The maximum Gasteiger partial charge on any atom is 0.305 e. The molecular weight excluding hydrogens is 321 g/mol. The summed E-state index contributed by atoms with van der Waals surface area (Å²) in [5, 5.41) is 21.0. The van der Waals surface area contributed by atoms with Crippen molar-refractivity contribution in [2.45, 2.75) is 9.92 Å². The molecule has 8 heteroatoms. The van der Waals surface area contributed by atoms with Crippen LogP contribution in [0.2, 0.25) is 10.0 Å². The topological polar surface area (TPSA) is 79.8 Å². The monoisotopic (exact) mass is 325 g/mol. The Morgan fingerprint density at radius 1 is 1.30 bits per heavy atom. The van der Waals surface area contributed by atoms with Gasteiger partial charge in [-0.15, -0.1) is 0 Å². The molecule has 5 nitrogen and oxygen atoms in total. The van der Waals surface area contributed by atoms with Crippen molar-refractivity contribution in [2.75, 3.05) is 0 Å². The van der Waals surface area contributed by atoms with Crippen LogP contribution in [0.4, 0.5) is 5.69 Å². The number of halogens is 2. The highest BCUT2D eigenvalue weighted by Gasteiger charge is 2.16. The van der Waals surface area contributed by atoms with E-state index in [9.17, 15) is 10.1 Å². The average molecular weight is 326 g/mol. The van der Waals surface area contributed by atoms with Gasteiger partial charge in [0.1, 0.15) is 11.1 Å². The number of nitriles is 1. The first-order chi connectivity index (χ1) is 9.51. The third kappa shape index (κ3) is 3.20. The Bertz CT molecular complexity index is 731. The molecule has 0 bridgehead atoms. The lowest BCUT2D eigenvalue weighted by Crippen LogP contribution is -1.95. The van der Waals surface area contributed by atoms with Crippen molar-refractivity contribution in [3.63, 3.8) is 0 Å². The first-order valence-corrected chi connectivity index (χ1v) is 6.77. The number of nitrogens with zero attached hydrogens (tertiary/aromatic N) is 3. The quantitative estimate of drug-likeness (QED) is 0.620. The van der Waals surface area contributed by atoms with Crippen LogP contribution in [-0.4, -0.2) is 9.91 Å². The summed E-state index contributed by atoms with van der Waals surface area (Å²) in [6.45, 7) is 0. The van der Waals surface area contributed by atoms with Gasteiger partial charge in [-0.3, -0.25) is 10.1 Å². The van der Waals surface area contributed by atoms with Gasteiger partial charge >= 0.3 is 5.69 Å². The van der Waals surface area contributed by atoms with Gasteiger partial charge in [0, 0.05) is 16.0 Å². The molecule has 0 aliphatic carbocycles. The summed E-state index contributed by atoms with van der Waals surface area (Å²) in [6, 6.07) is 9.35. The number of nitro groups is 1. The lowest BCUT2D eigenvalue weighted by Gasteiger charge is -2.04. The molecule has 2 aromatic rings. The van der Waals surface area contributed by atoms with E-state index >= 15 is 0 Å². The predicted molar refractivity (Wildman–Crippen MR) is 76.2 cm³/mol. The molecule has 100 valence electrons. The summed E-state index contributed by atoms with van der Waals surface area (Å²) < 4.78 is 0. The van der Waals surface area contributed by atoms with E-state index in [1.54, 1.807) is 24.3 Å². The van der Waals surface area contributed by atoms with E-state index in [-0.39, 0.29) is 11.4 Å². The first-order valence-electron chi connectivity index (χ1n) is 5.19. The largest absolute Gasteiger partial charge is 0.305 e. The second-order valence-corrected chi connectivity index (χ2v) is 5.47. The van der Waals surface area contributed by atoms with E-state index in [1.807, 2.05) is 0 Å². The van der Waals surface area contributed by atoms with Crippen LogP contribution in [0.1, 0.15) is 5.69 Å². The van der Waals surface area contributed by atoms with E-state index < -0.39 is 4.92 Å². The van der Waals surface area contributed by atoms with E-state index in [2.05, 4.69) is 4.98 Å². The van der Waals surface area contributed by atoms with Gasteiger partial charge < -0.3 is 0 Å². The summed E-state index contributed by atoms with van der Waals surface area (Å²) in [5.41, 5.74) is -0.563. The Balaban J connectivity index is 2.38. The molecule has 1 heterocycles. The van der Waals surface area contributed by atoms with Crippen molar-refractivity contribution in [3.8, 4) is 6.07 Å². The van der Waals surface area contributed by atoms with E-state index in [0.29, 0.717) is 20.0 Å². The van der Waals surface area contributed by atoms with Crippen LogP contribution in [-0.2, 0) is 0 Å². The van der Waals surface area contributed by atoms with Gasteiger partial charge in [0.2, 0.25) is 5.69 Å². The average Bonchev–Trinajstić information content (AvgIpc) is 2.42. The molecule has 0 radical (unpaired) electrons. The van der Waals surface area contributed by atoms with Crippen LogP contribution in [0.3, 0.4) is 0 Å². The summed E-state index contributed by atoms with van der Waals surface area (Å²) in [5.74, 6) is 0. The van der Waals surface area contributed by atoms with Gasteiger partial charge in [0.15, 0.2) is 0 Å². The molecule has 0 saturated heterocycles. The van der Waals surface area contributed by atoms with Crippen LogP contribution in [0.25, 0.3) is 0 Å². The SMILES string of the molecule is N#Cc1nc(Sc2cc(Cl)ccc2Cl)ccc1[N+](=O)[O-]. The van der Waals surface area contributed by atoms with Crippen molar-refractivity contribution in [1.82, 2.24) is 4.98 Å². The second kappa shape index (κ2) is 6.09. The number of aromatic nitrogens is 1. The van der Waals surface area contributed by atoms with E-state index in [0.717, 1.165) is 0 Å². The molecule has 2 rings (SSSR count). The Labute approximate surface area is 128 Å². The van der Waals surface area contributed by atoms with Crippen molar-refractivity contribution < 1.29 is 4.92 Å². The zero-order chi connectivity index (χ0) is 14.7. The first kappa shape index (κ1) is 14.6. The lowest BCUT2D eigenvalue weighted by atomic mass is 10.3. The van der Waals surface area contributed by atoms with Gasteiger partial charge in [-0.1, -0.05) is 35.0 Å². The predicted octanol–water partition coefficient (Wildman–Crippen LogP) is 4.32. The van der Waals surface area contributed by atoms with Crippen molar-refractivity contribution >= 4 is 40.7 Å². The highest BCUT2D eigenvalue weighted by molar-refractivity contribution is 7.99. The van der Waals surface area contributed by atoms with E-state index in [4.69, 9.17) is 28.5 Å². The summed E-state index contributed by atoms with van der Waals surface area (Å²) >= 11 is 13.1. The van der Waals surface area contributed by atoms with Crippen LogP contribution < -0.4 is 0 Å². The molecule has 0 atom stereocenters. The Hall–Kier alpha value is -1.81.